The number of anilines is 1. The van der Waals surface area contributed by atoms with Gasteiger partial charge in [-0.15, -0.1) is 0 Å². The summed E-state index contributed by atoms with van der Waals surface area (Å²) in [6, 6.07) is 9.89. The van der Waals surface area contributed by atoms with E-state index in [2.05, 4.69) is 9.88 Å². The standard InChI is InChI=1S/C36H42F2N4O4/c1-4-25-29(37)10-7-22-17-24(43)18-28(30(22)25)26-8-9-27-32(31(26)38)39-34(40-33(27)41-15-5-12-35(2,44)20-41)46-21-36-13-6-16-42(36)23(11-14-36)19-45-3/h7-10,17-18,23,43-44H,4-6,11-16,19-21H2,1-3H3/t23?,35-,36?/m1/s1. The molecule has 0 aliphatic carbocycles. The summed E-state index contributed by atoms with van der Waals surface area (Å²) in [5.41, 5.74) is 0.0767. The molecule has 0 bridgehead atoms. The van der Waals surface area contributed by atoms with Crippen molar-refractivity contribution in [2.75, 3.05) is 44.9 Å². The Morgan fingerprint density at radius 3 is 2.63 bits per heavy atom. The minimum atomic E-state index is -0.917. The summed E-state index contributed by atoms with van der Waals surface area (Å²) < 4.78 is 43.8. The maximum absolute atomic E-state index is 16.9. The predicted octanol–water partition coefficient (Wildman–Crippen LogP) is 6.37. The summed E-state index contributed by atoms with van der Waals surface area (Å²) in [6.07, 6.45) is 5.91. The molecule has 3 saturated heterocycles. The maximum atomic E-state index is 16.9. The number of nitrogens with zero attached hydrogens (tertiary/aromatic N) is 4. The highest BCUT2D eigenvalue weighted by molar-refractivity contribution is 6.03. The number of phenolic OH excluding ortho intramolecular Hbond substituents is 1. The third-order valence-corrected chi connectivity index (χ3v) is 10.4. The third-order valence-electron chi connectivity index (χ3n) is 10.4. The van der Waals surface area contributed by atoms with Crippen molar-refractivity contribution in [1.29, 1.82) is 0 Å². The van der Waals surface area contributed by atoms with Crippen molar-refractivity contribution in [3.8, 4) is 22.9 Å². The SMILES string of the molecule is CCc1c(F)ccc2cc(O)cc(-c3ccc4c(N5CCC[C@@](C)(O)C5)nc(OCC56CCCN5C(COC)CC6)nc4c3F)c12. The van der Waals surface area contributed by atoms with Crippen LogP contribution in [0.3, 0.4) is 0 Å². The molecule has 4 heterocycles. The van der Waals surface area contributed by atoms with Crippen LogP contribution in [0.25, 0.3) is 32.8 Å². The number of aromatic nitrogens is 2. The lowest BCUT2D eigenvalue weighted by Crippen LogP contribution is -2.48. The molecule has 10 heteroatoms. The number of hydrogen-bond donors (Lipinski definition) is 2. The lowest BCUT2D eigenvalue weighted by atomic mass is 9.92. The molecule has 3 fully saturated rings. The number of ether oxygens (including phenoxy) is 2. The van der Waals surface area contributed by atoms with E-state index in [1.54, 1.807) is 38.3 Å². The summed E-state index contributed by atoms with van der Waals surface area (Å²) in [5, 5.41) is 23.2. The number of hydrogen-bond acceptors (Lipinski definition) is 8. The molecular formula is C36H42F2N4O4. The number of phenols is 1. The van der Waals surface area contributed by atoms with Crippen LogP contribution in [0.1, 0.15) is 57.9 Å². The van der Waals surface area contributed by atoms with Crippen LogP contribution in [0.4, 0.5) is 14.6 Å². The van der Waals surface area contributed by atoms with Crippen molar-refractivity contribution in [3.63, 3.8) is 0 Å². The number of rotatable bonds is 8. The number of halogens is 2. The van der Waals surface area contributed by atoms with Crippen LogP contribution in [0.15, 0.2) is 36.4 Å². The first kappa shape index (κ1) is 31.0. The van der Waals surface area contributed by atoms with Gasteiger partial charge < -0.3 is 24.6 Å². The number of benzene rings is 3. The fourth-order valence-electron chi connectivity index (χ4n) is 8.28. The van der Waals surface area contributed by atoms with Gasteiger partial charge in [0, 0.05) is 37.2 Å². The zero-order valence-electron chi connectivity index (χ0n) is 26.8. The minimum Gasteiger partial charge on any atom is -0.508 e. The summed E-state index contributed by atoms with van der Waals surface area (Å²) in [7, 11) is 1.73. The van der Waals surface area contributed by atoms with Gasteiger partial charge >= 0.3 is 6.01 Å². The van der Waals surface area contributed by atoms with Crippen LogP contribution in [-0.4, -0.2) is 82.2 Å². The largest absolute Gasteiger partial charge is 0.508 e. The number of aromatic hydroxyl groups is 1. The second kappa shape index (κ2) is 11.9. The van der Waals surface area contributed by atoms with E-state index < -0.39 is 11.4 Å². The lowest BCUT2D eigenvalue weighted by Gasteiger charge is -2.38. The van der Waals surface area contributed by atoms with E-state index >= 15 is 4.39 Å². The molecule has 1 aromatic heterocycles. The van der Waals surface area contributed by atoms with Gasteiger partial charge in [-0.25, -0.2) is 8.78 Å². The summed E-state index contributed by atoms with van der Waals surface area (Å²) in [4.78, 5) is 14.0. The molecule has 3 aliphatic rings. The van der Waals surface area contributed by atoms with Crippen molar-refractivity contribution < 1.29 is 28.5 Å². The second-order valence-electron chi connectivity index (χ2n) is 13.6. The Morgan fingerprint density at radius 1 is 1.02 bits per heavy atom. The molecule has 3 aliphatic heterocycles. The van der Waals surface area contributed by atoms with E-state index in [4.69, 9.17) is 14.5 Å². The first-order valence-electron chi connectivity index (χ1n) is 16.4. The van der Waals surface area contributed by atoms with E-state index in [0.29, 0.717) is 78.3 Å². The summed E-state index contributed by atoms with van der Waals surface area (Å²) in [5.74, 6) is -0.506. The molecule has 0 spiro atoms. The molecule has 3 atom stereocenters. The highest BCUT2D eigenvalue weighted by atomic mass is 19.1. The van der Waals surface area contributed by atoms with Gasteiger partial charge in [0.1, 0.15) is 29.5 Å². The Bertz CT molecular complexity index is 1800. The summed E-state index contributed by atoms with van der Waals surface area (Å²) >= 11 is 0. The summed E-state index contributed by atoms with van der Waals surface area (Å²) in [6.45, 7) is 6.70. The van der Waals surface area contributed by atoms with Crippen LogP contribution in [0.2, 0.25) is 0 Å². The van der Waals surface area contributed by atoms with E-state index in [1.165, 1.54) is 12.1 Å². The van der Waals surface area contributed by atoms with Gasteiger partial charge in [0.2, 0.25) is 0 Å². The number of aryl methyl sites for hydroxylation is 1. The second-order valence-corrected chi connectivity index (χ2v) is 13.6. The van der Waals surface area contributed by atoms with Crippen LogP contribution < -0.4 is 9.64 Å². The molecule has 0 saturated carbocycles. The van der Waals surface area contributed by atoms with Crippen LogP contribution >= 0.6 is 0 Å². The normalized spacial score (nSPS) is 25.1. The average Bonchev–Trinajstić information content (AvgIpc) is 3.59. The zero-order valence-corrected chi connectivity index (χ0v) is 26.8. The van der Waals surface area contributed by atoms with Gasteiger partial charge in [-0.2, -0.15) is 9.97 Å². The van der Waals surface area contributed by atoms with E-state index in [0.717, 1.165) is 38.6 Å². The molecule has 2 unspecified atom stereocenters. The first-order valence-corrected chi connectivity index (χ1v) is 16.4. The molecule has 3 aromatic carbocycles. The number of piperidine rings is 1. The molecule has 46 heavy (non-hydrogen) atoms. The third kappa shape index (κ3) is 5.34. The fraction of sp³-hybridized carbons (Fsp3) is 0.500. The maximum Gasteiger partial charge on any atom is 0.319 e. The average molecular weight is 633 g/mol. The van der Waals surface area contributed by atoms with Crippen molar-refractivity contribution >= 4 is 27.5 Å². The van der Waals surface area contributed by atoms with Crippen molar-refractivity contribution in [2.24, 2.45) is 0 Å². The fourth-order valence-corrected chi connectivity index (χ4v) is 8.28. The smallest absolute Gasteiger partial charge is 0.319 e. The number of β-amino-alcohol motifs (C(OH)–C–C–N with tert-alkyl or cyclic N) is 1. The number of aliphatic hydroxyl groups is 1. The number of fused-ring (bicyclic) bond motifs is 3. The van der Waals surface area contributed by atoms with Crippen LogP contribution in [0.5, 0.6) is 11.8 Å². The van der Waals surface area contributed by atoms with Crippen LogP contribution in [-0.2, 0) is 11.2 Å². The molecular weight excluding hydrogens is 590 g/mol. The quantitative estimate of drug-likeness (QED) is 0.232. The Hall–Kier alpha value is -3.60. The van der Waals surface area contributed by atoms with Crippen LogP contribution in [0, 0.1) is 11.6 Å². The van der Waals surface area contributed by atoms with Crippen molar-refractivity contribution in [3.05, 3.63) is 53.6 Å². The molecule has 4 aromatic rings. The van der Waals surface area contributed by atoms with Crippen molar-refractivity contribution in [2.45, 2.75) is 76.0 Å². The van der Waals surface area contributed by atoms with E-state index in [-0.39, 0.29) is 34.2 Å². The molecule has 7 rings (SSSR count). The monoisotopic (exact) mass is 632 g/mol. The topological polar surface area (TPSA) is 91.2 Å². The molecule has 8 nitrogen and oxygen atoms in total. The highest BCUT2D eigenvalue weighted by Crippen LogP contribution is 2.44. The Morgan fingerprint density at radius 2 is 1.85 bits per heavy atom. The Kier molecular flexibility index (Phi) is 8.02. The van der Waals surface area contributed by atoms with E-state index in [9.17, 15) is 14.6 Å². The Labute approximate surface area is 268 Å². The molecule has 244 valence electrons. The first-order chi connectivity index (χ1) is 22.1. The highest BCUT2D eigenvalue weighted by Gasteiger charge is 2.49. The molecule has 0 amide bonds. The molecule has 0 radical (unpaired) electrons. The minimum absolute atomic E-state index is 0.0395. The molecule has 2 N–H and O–H groups in total. The zero-order chi connectivity index (χ0) is 32.2. The van der Waals surface area contributed by atoms with Gasteiger partial charge in [0.25, 0.3) is 0 Å². The number of methoxy groups -OCH3 is 1. The van der Waals surface area contributed by atoms with Gasteiger partial charge in [-0.3, -0.25) is 4.90 Å². The van der Waals surface area contributed by atoms with Gasteiger partial charge in [-0.1, -0.05) is 19.1 Å². The van der Waals surface area contributed by atoms with E-state index in [1.807, 2.05) is 11.8 Å². The van der Waals surface area contributed by atoms with Crippen molar-refractivity contribution in [1.82, 2.24) is 14.9 Å². The Balaban J connectivity index is 1.35. The lowest BCUT2D eigenvalue weighted by molar-refractivity contribution is 0.0445. The predicted molar refractivity (Wildman–Crippen MR) is 175 cm³/mol. The van der Waals surface area contributed by atoms with Gasteiger partial charge in [0.15, 0.2) is 5.82 Å². The van der Waals surface area contributed by atoms with Gasteiger partial charge in [-0.05, 0) is 105 Å². The van der Waals surface area contributed by atoms with Gasteiger partial charge in [0.05, 0.1) is 17.7 Å².